The summed E-state index contributed by atoms with van der Waals surface area (Å²) in [5.41, 5.74) is 6.39. The minimum Gasteiger partial charge on any atom is -0.484 e. The van der Waals surface area contributed by atoms with E-state index in [0.717, 1.165) is 29.3 Å². The molecule has 3 aromatic rings. The minimum atomic E-state index is -0.541. The van der Waals surface area contributed by atoms with Gasteiger partial charge >= 0.3 is 0 Å². The maximum Gasteiger partial charge on any atom is 0.269 e. The number of hydrogen-bond acceptors (Lipinski definition) is 4. The van der Waals surface area contributed by atoms with Gasteiger partial charge in [-0.1, -0.05) is 30.3 Å². The molecule has 144 valence electrons. The Bertz CT molecular complexity index is 1010. The third kappa shape index (κ3) is 3.83. The van der Waals surface area contributed by atoms with Gasteiger partial charge in [0.25, 0.3) is 11.8 Å². The molecule has 28 heavy (non-hydrogen) atoms. The molecule has 2 aromatic carbocycles. The zero-order valence-corrected chi connectivity index (χ0v) is 15.4. The monoisotopic (exact) mass is 378 g/mol. The van der Waals surface area contributed by atoms with Crippen molar-refractivity contribution in [1.82, 2.24) is 15.1 Å². The maximum atomic E-state index is 12.5. The fraction of sp³-hybridized carbons (Fsp3) is 0.286. The number of benzene rings is 2. The lowest BCUT2D eigenvalue weighted by Gasteiger charge is -2.31. The number of fused-ring (bicyclic) bond motifs is 1. The van der Waals surface area contributed by atoms with Crippen molar-refractivity contribution in [3.05, 3.63) is 59.9 Å². The van der Waals surface area contributed by atoms with E-state index >= 15 is 0 Å². The second-order valence-electron chi connectivity index (χ2n) is 7.03. The number of H-pyrrole nitrogens is 1. The molecule has 2 heterocycles. The topological polar surface area (TPSA) is 101 Å². The Morgan fingerprint density at radius 2 is 1.86 bits per heavy atom. The van der Waals surface area contributed by atoms with E-state index < -0.39 is 5.91 Å². The van der Waals surface area contributed by atoms with Gasteiger partial charge in [-0.3, -0.25) is 14.7 Å². The molecule has 0 aliphatic carbocycles. The number of nitrogens with two attached hydrogens (primary N) is 1. The number of aromatic amines is 1. The molecule has 0 unspecified atom stereocenters. The molecule has 2 amide bonds. The van der Waals surface area contributed by atoms with E-state index in [9.17, 15) is 9.59 Å². The van der Waals surface area contributed by atoms with Crippen molar-refractivity contribution in [3.63, 3.8) is 0 Å². The molecule has 1 saturated heterocycles. The highest BCUT2D eigenvalue weighted by atomic mass is 16.5. The molecule has 1 aliphatic heterocycles. The average molecular weight is 378 g/mol. The first kappa shape index (κ1) is 18.0. The SMILES string of the molecule is NC(=O)c1cc(C2CCN(C(=O)COc3ccc4ccccc4c3)CC2)[nH]n1. The highest BCUT2D eigenvalue weighted by Crippen LogP contribution is 2.27. The number of piperidine rings is 1. The van der Waals surface area contributed by atoms with Crippen molar-refractivity contribution in [1.29, 1.82) is 0 Å². The molecule has 7 heteroatoms. The van der Waals surface area contributed by atoms with E-state index in [1.54, 1.807) is 6.07 Å². The number of nitrogens with zero attached hydrogens (tertiary/aromatic N) is 2. The number of carbonyl (C=O) groups is 2. The van der Waals surface area contributed by atoms with Gasteiger partial charge in [0.05, 0.1) is 0 Å². The van der Waals surface area contributed by atoms with Gasteiger partial charge < -0.3 is 15.4 Å². The van der Waals surface area contributed by atoms with Gasteiger partial charge in [-0.25, -0.2) is 0 Å². The van der Waals surface area contributed by atoms with Crippen molar-refractivity contribution >= 4 is 22.6 Å². The van der Waals surface area contributed by atoms with Crippen LogP contribution >= 0.6 is 0 Å². The molecule has 1 aliphatic rings. The second-order valence-corrected chi connectivity index (χ2v) is 7.03. The van der Waals surface area contributed by atoms with Crippen LogP contribution in [0.3, 0.4) is 0 Å². The zero-order valence-electron chi connectivity index (χ0n) is 15.4. The van der Waals surface area contributed by atoms with Gasteiger partial charge in [0.15, 0.2) is 6.61 Å². The first-order valence-corrected chi connectivity index (χ1v) is 9.34. The first-order chi connectivity index (χ1) is 13.6. The van der Waals surface area contributed by atoms with E-state index in [1.807, 2.05) is 47.4 Å². The number of amides is 2. The summed E-state index contributed by atoms with van der Waals surface area (Å²) in [6, 6.07) is 15.6. The summed E-state index contributed by atoms with van der Waals surface area (Å²) in [5.74, 6) is 0.374. The zero-order chi connectivity index (χ0) is 19.5. The van der Waals surface area contributed by atoms with Gasteiger partial charge in [0, 0.05) is 24.7 Å². The van der Waals surface area contributed by atoms with Gasteiger partial charge in [-0.05, 0) is 41.8 Å². The van der Waals surface area contributed by atoms with E-state index in [-0.39, 0.29) is 24.1 Å². The van der Waals surface area contributed by atoms with E-state index in [2.05, 4.69) is 10.2 Å². The van der Waals surface area contributed by atoms with Crippen molar-refractivity contribution < 1.29 is 14.3 Å². The predicted molar refractivity (Wildman–Crippen MR) is 105 cm³/mol. The van der Waals surface area contributed by atoms with E-state index in [1.165, 1.54) is 0 Å². The number of carbonyl (C=O) groups excluding carboxylic acids is 2. The van der Waals surface area contributed by atoms with Crippen LogP contribution in [0.1, 0.15) is 34.9 Å². The molecule has 4 rings (SSSR count). The molecule has 0 bridgehead atoms. The number of ether oxygens (including phenoxy) is 1. The van der Waals surface area contributed by atoms with E-state index in [4.69, 9.17) is 10.5 Å². The van der Waals surface area contributed by atoms with Crippen LogP contribution in [0.5, 0.6) is 5.75 Å². The predicted octanol–water partition coefficient (Wildman–Crippen LogP) is 2.45. The third-order valence-electron chi connectivity index (χ3n) is 5.22. The highest BCUT2D eigenvalue weighted by Gasteiger charge is 2.25. The number of rotatable bonds is 5. The van der Waals surface area contributed by atoms with Crippen molar-refractivity contribution in [3.8, 4) is 5.75 Å². The molecule has 1 fully saturated rings. The minimum absolute atomic E-state index is 0.0194. The Balaban J connectivity index is 1.30. The molecule has 1 aromatic heterocycles. The highest BCUT2D eigenvalue weighted by molar-refractivity contribution is 5.90. The van der Waals surface area contributed by atoms with Crippen LogP contribution in [0.25, 0.3) is 10.8 Å². The number of primary amides is 1. The van der Waals surface area contributed by atoms with Crippen molar-refractivity contribution in [2.24, 2.45) is 5.73 Å². The molecule has 0 spiro atoms. The van der Waals surface area contributed by atoms with Crippen LogP contribution in [-0.4, -0.2) is 46.6 Å². The number of hydrogen-bond donors (Lipinski definition) is 2. The quantitative estimate of drug-likeness (QED) is 0.712. The number of aromatic nitrogens is 2. The lowest BCUT2D eigenvalue weighted by atomic mass is 9.93. The lowest BCUT2D eigenvalue weighted by Crippen LogP contribution is -2.40. The standard InChI is InChI=1S/C21H22N4O3/c22-21(27)19-12-18(23-24-19)15-7-9-25(10-8-15)20(26)13-28-17-6-5-14-3-1-2-4-16(14)11-17/h1-6,11-12,15H,7-10,13H2,(H2,22,27)(H,23,24). The van der Waals surface area contributed by atoms with Crippen LogP contribution < -0.4 is 10.5 Å². The fourth-order valence-electron chi connectivity index (χ4n) is 3.61. The first-order valence-electron chi connectivity index (χ1n) is 9.34. The molecule has 0 radical (unpaired) electrons. The van der Waals surface area contributed by atoms with E-state index in [0.29, 0.717) is 18.8 Å². The largest absolute Gasteiger partial charge is 0.484 e. The normalized spacial score (nSPS) is 14.9. The molecular weight excluding hydrogens is 356 g/mol. The van der Waals surface area contributed by atoms with Gasteiger partial charge in [0.2, 0.25) is 0 Å². The van der Waals surface area contributed by atoms with Gasteiger partial charge in [-0.15, -0.1) is 0 Å². The number of nitrogens with one attached hydrogen (secondary N) is 1. The summed E-state index contributed by atoms with van der Waals surface area (Å²) in [4.78, 5) is 25.5. The van der Waals surface area contributed by atoms with Crippen LogP contribution in [0, 0.1) is 0 Å². The lowest BCUT2D eigenvalue weighted by molar-refractivity contribution is -0.134. The van der Waals surface area contributed by atoms with Crippen LogP contribution in [0.4, 0.5) is 0 Å². The van der Waals surface area contributed by atoms with Crippen molar-refractivity contribution in [2.45, 2.75) is 18.8 Å². The Labute approximate surface area is 162 Å². The second kappa shape index (κ2) is 7.72. The fourth-order valence-corrected chi connectivity index (χ4v) is 3.61. The number of likely N-dealkylation sites (tertiary alicyclic amines) is 1. The Hall–Kier alpha value is -3.35. The van der Waals surface area contributed by atoms with Gasteiger partial charge in [0.1, 0.15) is 11.4 Å². The average Bonchev–Trinajstić information content (AvgIpc) is 3.23. The molecule has 7 nitrogen and oxygen atoms in total. The maximum absolute atomic E-state index is 12.5. The van der Waals surface area contributed by atoms with Crippen LogP contribution in [0.15, 0.2) is 48.5 Å². The Morgan fingerprint density at radius 3 is 2.57 bits per heavy atom. The molecule has 0 saturated carbocycles. The summed E-state index contributed by atoms with van der Waals surface area (Å²) in [6.45, 7) is 1.32. The molecule has 0 atom stereocenters. The summed E-state index contributed by atoms with van der Waals surface area (Å²) in [5, 5.41) is 9.04. The summed E-state index contributed by atoms with van der Waals surface area (Å²) in [6.07, 6.45) is 1.62. The van der Waals surface area contributed by atoms with Crippen molar-refractivity contribution in [2.75, 3.05) is 19.7 Å². The summed E-state index contributed by atoms with van der Waals surface area (Å²) >= 11 is 0. The molecule has 3 N–H and O–H groups in total. The van der Waals surface area contributed by atoms with Crippen LogP contribution in [0.2, 0.25) is 0 Å². The van der Waals surface area contributed by atoms with Crippen LogP contribution in [-0.2, 0) is 4.79 Å². The van der Waals surface area contributed by atoms with Gasteiger partial charge in [-0.2, -0.15) is 5.10 Å². The summed E-state index contributed by atoms with van der Waals surface area (Å²) in [7, 11) is 0. The summed E-state index contributed by atoms with van der Waals surface area (Å²) < 4.78 is 5.71. The Morgan fingerprint density at radius 1 is 1.11 bits per heavy atom. The third-order valence-corrected chi connectivity index (χ3v) is 5.22. The smallest absolute Gasteiger partial charge is 0.269 e. The molecular formula is C21H22N4O3. The Kier molecular flexibility index (Phi) is 4.97.